The number of carbonyl (C=O) groups excluding carboxylic acids is 2. The molecular weight excluding hydrogens is 474 g/mol. The van der Waals surface area contributed by atoms with Gasteiger partial charge in [0.25, 0.3) is 5.91 Å². The minimum Gasteiger partial charge on any atom is -0.365 e. The molecule has 0 aromatic heterocycles. The van der Waals surface area contributed by atoms with E-state index in [1.165, 1.54) is 0 Å². The summed E-state index contributed by atoms with van der Waals surface area (Å²) < 4.78 is 0. The van der Waals surface area contributed by atoms with Crippen LogP contribution in [-0.2, 0) is 4.79 Å². The zero-order valence-electron chi connectivity index (χ0n) is 22.3. The number of hydrogen-bond acceptors (Lipinski definition) is 5. The van der Waals surface area contributed by atoms with E-state index in [4.69, 9.17) is 0 Å². The Kier molecular flexibility index (Phi) is 6.68. The van der Waals surface area contributed by atoms with E-state index in [0.29, 0.717) is 16.8 Å². The van der Waals surface area contributed by atoms with E-state index in [2.05, 4.69) is 45.6 Å². The van der Waals surface area contributed by atoms with Crippen LogP contribution in [0.3, 0.4) is 0 Å². The molecule has 2 aliphatic heterocycles. The maximum Gasteiger partial charge on any atom is 0.256 e. The molecule has 1 saturated heterocycles. The van der Waals surface area contributed by atoms with Crippen LogP contribution in [0.25, 0.3) is 0 Å². The van der Waals surface area contributed by atoms with E-state index < -0.39 is 5.41 Å². The fourth-order valence-corrected chi connectivity index (χ4v) is 5.39. The van der Waals surface area contributed by atoms with Gasteiger partial charge in [0.15, 0.2) is 0 Å². The Bertz CT molecular complexity index is 1430. The highest BCUT2D eigenvalue weighted by Gasteiger charge is 2.35. The van der Waals surface area contributed by atoms with Gasteiger partial charge in [0, 0.05) is 48.0 Å². The van der Waals surface area contributed by atoms with Gasteiger partial charge < -0.3 is 15.5 Å². The summed E-state index contributed by atoms with van der Waals surface area (Å²) in [5.74, 6) is -0.174. The molecular formula is C31H33N5O2. The zero-order chi connectivity index (χ0) is 27.0. The first-order valence-corrected chi connectivity index (χ1v) is 13.0. The molecule has 0 spiro atoms. The highest BCUT2D eigenvalue weighted by Crippen LogP contribution is 2.40. The van der Waals surface area contributed by atoms with Gasteiger partial charge in [-0.3, -0.25) is 14.5 Å². The highest BCUT2D eigenvalue weighted by molar-refractivity contribution is 6.07. The standard InChI is InChI=1S/C31H33N5O2/c1-20-19-35(28-23-9-5-6-10-24(23)29(37)34-26-12-8-7-11-25(26)28)15-16-36(20)27-14-13-22(17-21(27)18-32)33-30(38)31(2,3)4/h5-14,17,20,28H,15-16,19H2,1-4H3,(H,33,38)(H,34,37)/t20-,28?/m0/s1. The summed E-state index contributed by atoms with van der Waals surface area (Å²) in [5.41, 5.74) is 5.14. The van der Waals surface area contributed by atoms with E-state index in [0.717, 1.165) is 42.1 Å². The van der Waals surface area contributed by atoms with Crippen molar-refractivity contribution in [3.8, 4) is 6.07 Å². The van der Waals surface area contributed by atoms with Gasteiger partial charge in [0.1, 0.15) is 6.07 Å². The van der Waals surface area contributed by atoms with Gasteiger partial charge in [0.2, 0.25) is 5.91 Å². The summed E-state index contributed by atoms with van der Waals surface area (Å²) in [7, 11) is 0. The fourth-order valence-electron chi connectivity index (χ4n) is 5.39. The third-order valence-corrected chi connectivity index (χ3v) is 7.39. The second-order valence-electron chi connectivity index (χ2n) is 11.1. The lowest BCUT2D eigenvalue weighted by molar-refractivity contribution is -0.123. The lowest BCUT2D eigenvalue weighted by Gasteiger charge is -2.45. The molecule has 0 aliphatic carbocycles. The number of fused-ring (bicyclic) bond motifs is 2. The number of nitrogens with zero attached hydrogens (tertiary/aromatic N) is 3. The van der Waals surface area contributed by atoms with Crippen molar-refractivity contribution >= 4 is 28.9 Å². The Morgan fingerprint density at radius 2 is 1.74 bits per heavy atom. The molecule has 3 aromatic rings. The third kappa shape index (κ3) is 4.75. The van der Waals surface area contributed by atoms with Crippen LogP contribution < -0.4 is 15.5 Å². The first kappa shape index (κ1) is 25.5. The van der Waals surface area contributed by atoms with Gasteiger partial charge in [0.05, 0.1) is 17.3 Å². The number of benzene rings is 3. The Balaban J connectivity index is 1.42. The van der Waals surface area contributed by atoms with Crippen LogP contribution >= 0.6 is 0 Å². The average molecular weight is 508 g/mol. The van der Waals surface area contributed by atoms with E-state index in [1.54, 1.807) is 6.07 Å². The van der Waals surface area contributed by atoms with Crippen molar-refractivity contribution in [2.75, 3.05) is 35.2 Å². The van der Waals surface area contributed by atoms with Crippen molar-refractivity contribution in [3.05, 3.63) is 89.0 Å². The zero-order valence-corrected chi connectivity index (χ0v) is 22.3. The summed E-state index contributed by atoms with van der Waals surface area (Å²) in [6.07, 6.45) is 0. The van der Waals surface area contributed by atoms with Crippen molar-refractivity contribution in [3.63, 3.8) is 0 Å². The number of piperazine rings is 1. The van der Waals surface area contributed by atoms with Crippen LogP contribution in [0.1, 0.15) is 60.8 Å². The van der Waals surface area contributed by atoms with E-state index in [1.807, 2.05) is 69.3 Å². The molecule has 5 rings (SSSR count). The fraction of sp³-hybridized carbons (Fsp3) is 0.323. The SMILES string of the molecule is C[C@H]1CN(C2c3ccccc3NC(=O)c3ccccc32)CCN1c1ccc(NC(=O)C(C)(C)C)cc1C#N. The van der Waals surface area contributed by atoms with Crippen LogP contribution in [-0.4, -0.2) is 42.4 Å². The average Bonchev–Trinajstić information content (AvgIpc) is 3.02. The monoisotopic (exact) mass is 507 g/mol. The Hall–Kier alpha value is -4.15. The minimum atomic E-state index is -0.522. The molecule has 0 saturated carbocycles. The highest BCUT2D eigenvalue weighted by atomic mass is 16.2. The molecule has 2 heterocycles. The molecule has 1 unspecified atom stereocenters. The van der Waals surface area contributed by atoms with Crippen molar-refractivity contribution < 1.29 is 9.59 Å². The maximum absolute atomic E-state index is 13.0. The molecule has 0 bridgehead atoms. The molecule has 7 heteroatoms. The van der Waals surface area contributed by atoms with Crippen LogP contribution in [0.4, 0.5) is 17.1 Å². The molecule has 2 aliphatic rings. The molecule has 194 valence electrons. The van der Waals surface area contributed by atoms with Crippen molar-refractivity contribution in [1.82, 2.24) is 4.90 Å². The molecule has 2 atom stereocenters. The third-order valence-electron chi connectivity index (χ3n) is 7.39. The summed E-state index contributed by atoms with van der Waals surface area (Å²) in [6, 6.07) is 23.8. The van der Waals surface area contributed by atoms with E-state index in [-0.39, 0.29) is 23.9 Å². The van der Waals surface area contributed by atoms with Gasteiger partial charge in [-0.15, -0.1) is 0 Å². The molecule has 2 N–H and O–H groups in total. The van der Waals surface area contributed by atoms with Crippen LogP contribution in [0.5, 0.6) is 0 Å². The predicted octanol–water partition coefficient (Wildman–Crippen LogP) is 5.41. The van der Waals surface area contributed by atoms with Crippen LogP contribution in [0, 0.1) is 16.7 Å². The van der Waals surface area contributed by atoms with Crippen LogP contribution in [0.2, 0.25) is 0 Å². The molecule has 3 aromatic carbocycles. The number of carbonyl (C=O) groups is 2. The normalized spacial score (nSPS) is 19.4. The smallest absolute Gasteiger partial charge is 0.256 e. The number of para-hydroxylation sites is 1. The minimum absolute atomic E-state index is 0.0589. The number of nitriles is 1. The van der Waals surface area contributed by atoms with Crippen molar-refractivity contribution in [2.24, 2.45) is 5.41 Å². The second-order valence-corrected chi connectivity index (χ2v) is 11.1. The first-order valence-electron chi connectivity index (χ1n) is 13.0. The van der Waals surface area contributed by atoms with Gasteiger partial charge in [-0.1, -0.05) is 57.2 Å². The summed E-state index contributed by atoms with van der Waals surface area (Å²) in [6.45, 7) is 10.0. The maximum atomic E-state index is 13.0. The lowest BCUT2D eigenvalue weighted by atomic mass is 9.92. The van der Waals surface area contributed by atoms with E-state index >= 15 is 0 Å². The summed E-state index contributed by atoms with van der Waals surface area (Å²) in [5, 5.41) is 16.0. The molecule has 2 amide bonds. The Morgan fingerprint density at radius 3 is 2.45 bits per heavy atom. The molecule has 7 nitrogen and oxygen atoms in total. The largest absolute Gasteiger partial charge is 0.365 e. The first-order chi connectivity index (χ1) is 18.2. The Morgan fingerprint density at radius 1 is 1.03 bits per heavy atom. The van der Waals surface area contributed by atoms with Gasteiger partial charge in [-0.05, 0) is 48.4 Å². The number of anilines is 3. The molecule has 1 fully saturated rings. The number of hydrogen-bond donors (Lipinski definition) is 2. The second kappa shape index (κ2) is 9.96. The van der Waals surface area contributed by atoms with E-state index in [9.17, 15) is 14.9 Å². The van der Waals surface area contributed by atoms with Gasteiger partial charge in [-0.2, -0.15) is 5.26 Å². The number of rotatable bonds is 3. The molecule has 38 heavy (non-hydrogen) atoms. The Labute approximate surface area is 224 Å². The van der Waals surface area contributed by atoms with Gasteiger partial charge in [-0.25, -0.2) is 0 Å². The lowest BCUT2D eigenvalue weighted by Crippen LogP contribution is -2.53. The number of nitrogens with one attached hydrogen (secondary N) is 2. The molecule has 0 radical (unpaired) electrons. The quantitative estimate of drug-likeness (QED) is 0.495. The van der Waals surface area contributed by atoms with Crippen molar-refractivity contribution in [1.29, 1.82) is 5.26 Å². The van der Waals surface area contributed by atoms with Crippen LogP contribution in [0.15, 0.2) is 66.7 Å². The van der Waals surface area contributed by atoms with Crippen molar-refractivity contribution in [2.45, 2.75) is 39.8 Å². The van der Waals surface area contributed by atoms with Gasteiger partial charge >= 0.3 is 0 Å². The summed E-state index contributed by atoms with van der Waals surface area (Å²) >= 11 is 0. The number of amides is 2. The summed E-state index contributed by atoms with van der Waals surface area (Å²) in [4.78, 5) is 30.2. The topological polar surface area (TPSA) is 88.5 Å². The predicted molar refractivity (Wildman–Crippen MR) is 150 cm³/mol.